The van der Waals surface area contributed by atoms with Crippen LogP contribution in [0.5, 0.6) is 0 Å². The number of hydrogen-bond acceptors (Lipinski definition) is 2. The highest BCUT2D eigenvalue weighted by Crippen LogP contribution is 2.30. The molecule has 0 spiro atoms. The van der Waals surface area contributed by atoms with E-state index in [1.54, 1.807) is 0 Å². The van der Waals surface area contributed by atoms with Crippen LogP contribution in [0.4, 0.5) is 0 Å². The highest BCUT2D eigenvalue weighted by molar-refractivity contribution is 4.87. The first-order valence-corrected chi connectivity index (χ1v) is 5.72. The lowest BCUT2D eigenvalue weighted by atomic mass is 9.98. The summed E-state index contributed by atoms with van der Waals surface area (Å²) in [5, 5.41) is 0. The Kier molecular flexibility index (Phi) is 3.23. The van der Waals surface area contributed by atoms with Gasteiger partial charge < -0.3 is 9.64 Å². The number of ether oxygens (including phenoxy) is 1. The van der Waals surface area contributed by atoms with E-state index in [2.05, 4.69) is 11.8 Å². The molecule has 0 unspecified atom stereocenters. The van der Waals surface area contributed by atoms with Crippen LogP contribution in [0.3, 0.4) is 0 Å². The molecule has 76 valence electrons. The second-order valence-corrected chi connectivity index (χ2v) is 4.37. The van der Waals surface area contributed by atoms with Gasteiger partial charge in [0, 0.05) is 19.3 Å². The molecule has 0 bridgehead atoms. The van der Waals surface area contributed by atoms with E-state index in [4.69, 9.17) is 4.74 Å². The zero-order chi connectivity index (χ0) is 9.10. The van der Waals surface area contributed by atoms with Gasteiger partial charge in [-0.05, 0) is 51.6 Å². The van der Waals surface area contributed by atoms with E-state index in [-0.39, 0.29) is 0 Å². The molecule has 0 radical (unpaired) electrons. The van der Waals surface area contributed by atoms with Gasteiger partial charge in [0.05, 0.1) is 0 Å². The zero-order valence-electron chi connectivity index (χ0n) is 8.67. The highest BCUT2D eigenvalue weighted by atomic mass is 16.5. The maximum Gasteiger partial charge on any atom is 0.0495 e. The van der Waals surface area contributed by atoms with Gasteiger partial charge in [0.15, 0.2) is 0 Å². The van der Waals surface area contributed by atoms with E-state index in [1.165, 1.54) is 38.8 Å². The van der Waals surface area contributed by atoms with Crippen LogP contribution in [0.25, 0.3) is 0 Å². The summed E-state index contributed by atoms with van der Waals surface area (Å²) in [6.45, 7) is 6.60. The van der Waals surface area contributed by atoms with Crippen LogP contribution >= 0.6 is 0 Å². The first-order valence-electron chi connectivity index (χ1n) is 5.72. The van der Waals surface area contributed by atoms with Gasteiger partial charge in [0.25, 0.3) is 0 Å². The quantitative estimate of drug-likeness (QED) is 0.660. The molecule has 2 heteroatoms. The maximum absolute atomic E-state index is 5.47. The molecule has 0 aromatic carbocycles. The second-order valence-electron chi connectivity index (χ2n) is 4.37. The Balaban J connectivity index is 1.63. The second kappa shape index (κ2) is 4.43. The molecule has 1 saturated heterocycles. The van der Waals surface area contributed by atoms with Gasteiger partial charge in [-0.3, -0.25) is 0 Å². The van der Waals surface area contributed by atoms with Gasteiger partial charge >= 0.3 is 0 Å². The van der Waals surface area contributed by atoms with Gasteiger partial charge in [-0.15, -0.1) is 0 Å². The van der Waals surface area contributed by atoms with E-state index >= 15 is 0 Å². The normalized spacial score (nSPS) is 26.5. The summed E-state index contributed by atoms with van der Waals surface area (Å²) >= 11 is 0. The third kappa shape index (κ3) is 2.68. The lowest BCUT2D eigenvalue weighted by Crippen LogP contribution is -2.36. The molecule has 1 aliphatic carbocycles. The standard InChI is InChI=1S/C11H21NO/c1-2-13-9-10-5-7-12(8-6-10)11-3-4-11/h10-11H,2-9H2,1H3. The van der Waals surface area contributed by atoms with Crippen LogP contribution < -0.4 is 0 Å². The Labute approximate surface area is 81.3 Å². The number of hydrogen-bond donors (Lipinski definition) is 0. The summed E-state index contributed by atoms with van der Waals surface area (Å²) in [6.07, 6.45) is 5.62. The minimum atomic E-state index is 0.843. The summed E-state index contributed by atoms with van der Waals surface area (Å²) in [6, 6.07) is 0.966. The van der Waals surface area contributed by atoms with Gasteiger partial charge in [-0.25, -0.2) is 0 Å². The highest BCUT2D eigenvalue weighted by Gasteiger charge is 2.31. The average Bonchev–Trinajstić information content (AvgIpc) is 2.99. The molecule has 0 amide bonds. The van der Waals surface area contributed by atoms with Gasteiger partial charge in [-0.2, -0.15) is 0 Å². The average molecular weight is 183 g/mol. The van der Waals surface area contributed by atoms with Crippen LogP contribution in [0.2, 0.25) is 0 Å². The van der Waals surface area contributed by atoms with E-state index in [9.17, 15) is 0 Å². The van der Waals surface area contributed by atoms with Crippen molar-refractivity contribution in [1.82, 2.24) is 4.90 Å². The molecule has 13 heavy (non-hydrogen) atoms. The van der Waals surface area contributed by atoms with Gasteiger partial charge in [-0.1, -0.05) is 0 Å². The van der Waals surface area contributed by atoms with Gasteiger partial charge in [0.1, 0.15) is 0 Å². The fourth-order valence-corrected chi connectivity index (χ4v) is 2.21. The first-order chi connectivity index (χ1) is 6.40. The maximum atomic E-state index is 5.47. The fraction of sp³-hybridized carbons (Fsp3) is 1.00. The topological polar surface area (TPSA) is 12.5 Å². The predicted octanol–water partition coefficient (Wildman–Crippen LogP) is 1.90. The Morgan fingerprint density at radius 1 is 1.15 bits per heavy atom. The molecule has 0 aromatic heterocycles. The smallest absolute Gasteiger partial charge is 0.0495 e. The predicted molar refractivity (Wildman–Crippen MR) is 53.8 cm³/mol. The van der Waals surface area contributed by atoms with Crippen molar-refractivity contribution in [1.29, 1.82) is 0 Å². The van der Waals surface area contributed by atoms with Crippen LogP contribution in [-0.4, -0.2) is 37.2 Å². The molecule has 1 heterocycles. The van der Waals surface area contributed by atoms with Crippen molar-refractivity contribution in [3.05, 3.63) is 0 Å². The molecule has 2 aliphatic rings. The lowest BCUT2D eigenvalue weighted by molar-refractivity contribution is 0.0722. The Morgan fingerprint density at radius 2 is 1.85 bits per heavy atom. The number of piperidine rings is 1. The van der Waals surface area contributed by atoms with E-state index in [0.717, 1.165) is 25.2 Å². The summed E-state index contributed by atoms with van der Waals surface area (Å²) in [5.74, 6) is 0.843. The monoisotopic (exact) mass is 183 g/mol. The minimum Gasteiger partial charge on any atom is -0.381 e. The summed E-state index contributed by atoms with van der Waals surface area (Å²) in [7, 11) is 0. The number of rotatable bonds is 4. The first kappa shape index (κ1) is 9.47. The molecular weight excluding hydrogens is 162 g/mol. The van der Waals surface area contributed by atoms with Crippen molar-refractivity contribution < 1.29 is 4.74 Å². The molecule has 2 nitrogen and oxygen atoms in total. The Hall–Kier alpha value is -0.0800. The van der Waals surface area contributed by atoms with Crippen molar-refractivity contribution in [2.24, 2.45) is 5.92 Å². The molecular formula is C11H21NO. The number of likely N-dealkylation sites (tertiary alicyclic amines) is 1. The third-order valence-corrected chi connectivity index (χ3v) is 3.27. The van der Waals surface area contributed by atoms with Crippen molar-refractivity contribution in [2.45, 2.75) is 38.6 Å². The Bertz CT molecular complexity index is 148. The minimum absolute atomic E-state index is 0.843. The molecule has 1 aliphatic heterocycles. The van der Waals surface area contributed by atoms with E-state index < -0.39 is 0 Å². The van der Waals surface area contributed by atoms with E-state index in [1.807, 2.05) is 0 Å². The molecule has 0 aromatic rings. The van der Waals surface area contributed by atoms with Crippen LogP contribution in [0, 0.1) is 5.92 Å². The summed E-state index contributed by atoms with van der Waals surface area (Å²) in [4.78, 5) is 2.67. The molecule has 0 atom stereocenters. The van der Waals surface area contributed by atoms with Crippen molar-refractivity contribution in [3.8, 4) is 0 Å². The lowest BCUT2D eigenvalue weighted by Gasteiger charge is -2.31. The zero-order valence-corrected chi connectivity index (χ0v) is 8.67. The molecule has 2 fully saturated rings. The van der Waals surface area contributed by atoms with E-state index in [0.29, 0.717) is 0 Å². The largest absolute Gasteiger partial charge is 0.381 e. The van der Waals surface area contributed by atoms with Crippen molar-refractivity contribution >= 4 is 0 Å². The fourth-order valence-electron chi connectivity index (χ4n) is 2.21. The van der Waals surface area contributed by atoms with Crippen molar-refractivity contribution in [2.75, 3.05) is 26.3 Å². The van der Waals surface area contributed by atoms with Crippen LogP contribution in [-0.2, 0) is 4.74 Å². The summed E-state index contributed by atoms with van der Waals surface area (Å²) in [5.41, 5.74) is 0. The number of nitrogens with zero attached hydrogens (tertiary/aromatic N) is 1. The SMILES string of the molecule is CCOCC1CCN(C2CC2)CC1. The summed E-state index contributed by atoms with van der Waals surface area (Å²) < 4.78 is 5.47. The van der Waals surface area contributed by atoms with Gasteiger partial charge in [0.2, 0.25) is 0 Å². The molecule has 0 N–H and O–H groups in total. The molecule has 2 rings (SSSR count). The van der Waals surface area contributed by atoms with Crippen LogP contribution in [0.15, 0.2) is 0 Å². The van der Waals surface area contributed by atoms with Crippen molar-refractivity contribution in [3.63, 3.8) is 0 Å². The van der Waals surface area contributed by atoms with Crippen LogP contribution in [0.1, 0.15) is 32.6 Å². The third-order valence-electron chi connectivity index (χ3n) is 3.27. The Morgan fingerprint density at radius 3 is 2.38 bits per heavy atom. The molecule has 1 saturated carbocycles.